The van der Waals surface area contributed by atoms with Crippen molar-refractivity contribution in [3.05, 3.63) is 83.3 Å². The molecule has 3 aromatic rings. The van der Waals surface area contributed by atoms with Crippen LogP contribution in [0.2, 0.25) is 5.02 Å². The molecule has 0 saturated carbocycles. The van der Waals surface area contributed by atoms with Crippen molar-refractivity contribution in [1.29, 1.82) is 0 Å². The molecule has 1 aromatic heterocycles. The van der Waals surface area contributed by atoms with E-state index in [4.69, 9.17) is 30.2 Å². The first-order valence-electron chi connectivity index (χ1n) is 10.1. The van der Waals surface area contributed by atoms with Crippen LogP contribution in [-0.4, -0.2) is 42.9 Å². The van der Waals surface area contributed by atoms with Crippen LogP contribution >= 0.6 is 11.6 Å². The van der Waals surface area contributed by atoms with Gasteiger partial charge in [0.1, 0.15) is 23.3 Å². The Bertz CT molecular complexity index is 1130. The predicted molar refractivity (Wildman–Crippen MR) is 120 cm³/mol. The second-order valence-corrected chi connectivity index (χ2v) is 7.59. The van der Waals surface area contributed by atoms with Gasteiger partial charge >= 0.3 is 5.97 Å². The van der Waals surface area contributed by atoms with Crippen LogP contribution in [0.3, 0.4) is 0 Å². The molecule has 1 atom stereocenters. The first-order chi connectivity index (χ1) is 16.0. The Morgan fingerprint density at radius 3 is 2.45 bits per heavy atom. The van der Waals surface area contributed by atoms with E-state index in [9.17, 15) is 9.59 Å². The van der Waals surface area contributed by atoms with Crippen LogP contribution in [0, 0.1) is 0 Å². The van der Waals surface area contributed by atoms with Gasteiger partial charge < -0.3 is 18.6 Å². The van der Waals surface area contributed by atoms with Gasteiger partial charge in [0.2, 0.25) is 0 Å². The zero-order valence-corrected chi connectivity index (χ0v) is 18.5. The summed E-state index contributed by atoms with van der Waals surface area (Å²) in [4.78, 5) is 24.9. The zero-order chi connectivity index (χ0) is 23.2. The second-order valence-electron chi connectivity index (χ2n) is 7.15. The number of furan rings is 1. The van der Waals surface area contributed by atoms with E-state index in [0.717, 1.165) is 5.56 Å². The molecule has 8 nitrogen and oxygen atoms in total. The second kappa shape index (κ2) is 10.2. The maximum atomic E-state index is 12.9. The number of hydrazone groups is 1. The Kier molecular flexibility index (Phi) is 6.95. The number of amides is 1. The standard InChI is InChI=1S/C24H21ClN2O6/c1-30-18-8-10-19(11-9-18)32-15-24(29)33-14-23(28)27-21(22-3-2-12-31-22)13-20(26-27)16-4-6-17(25)7-5-16/h2-12,21H,13-15H2,1H3. The average molecular weight is 469 g/mol. The van der Waals surface area contributed by atoms with Crippen LogP contribution in [0.5, 0.6) is 11.5 Å². The number of nitrogens with zero attached hydrogens (tertiary/aromatic N) is 2. The number of rotatable bonds is 8. The molecule has 170 valence electrons. The highest BCUT2D eigenvalue weighted by Gasteiger charge is 2.35. The van der Waals surface area contributed by atoms with Gasteiger partial charge in [-0.05, 0) is 54.1 Å². The summed E-state index contributed by atoms with van der Waals surface area (Å²) in [5.41, 5.74) is 1.55. The molecule has 0 radical (unpaired) electrons. The SMILES string of the molecule is COc1ccc(OCC(=O)OCC(=O)N2N=C(c3ccc(Cl)cc3)CC2c2ccco2)cc1. The number of halogens is 1. The smallest absolute Gasteiger partial charge is 0.344 e. The molecular formula is C24H21ClN2O6. The predicted octanol–water partition coefficient (Wildman–Crippen LogP) is 4.24. The number of carbonyl (C=O) groups excluding carboxylic acids is 2. The van der Waals surface area contributed by atoms with Crippen molar-refractivity contribution in [2.24, 2.45) is 5.10 Å². The maximum Gasteiger partial charge on any atom is 0.344 e. The van der Waals surface area contributed by atoms with E-state index >= 15 is 0 Å². The van der Waals surface area contributed by atoms with Crippen molar-refractivity contribution in [2.45, 2.75) is 12.5 Å². The van der Waals surface area contributed by atoms with Gasteiger partial charge in [-0.3, -0.25) is 4.79 Å². The number of benzene rings is 2. The molecule has 2 aromatic carbocycles. The summed E-state index contributed by atoms with van der Waals surface area (Å²) in [6.45, 7) is -0.806. The number of methoxy groups -OCH3 is 1. The fourth-order valence-corrected chi connectivity index (χ4v) is 3.45. The van der Waals surface area contributed by atoms with E-state index in [2.05, 4.69) is 5.10 Å². The van der Waals surface area contributed by atoms with Gasteiger partial charge in [0.05, 0.1) is 19.1 Å². The van der Waals surface area contributed by atoms with Gasteiger partial charge in [0, 0.05) is 11.4 Å². The lowest BCUT2D eigenvalue weighted by molar-refractivity contribution is -0.154. The van der Waals surface area contributed by atoms with Crippen molar-refractivity contribution in [3.63, 3.8) is 0 Å². The van der Waals surface area contributed by atoms with E-state index in [-0.39, 0.29) is 6.61 Å². The van der Waals surface area contributed by atoms with E-state index < -0.39 is 24.5 Å². The summed E-state index contributed by atoms with van der Waals surface area (Å²) in [5.74, 6) is 0.595. The summed E-state index contributed by atoms with van der Waals surface area (Å²) in [5, 5.41) is 6.38. The molecule has 2 heterocycles. The number of hydrogen-bond donors (Lipinski definition) is 0. The molecule has 4 rings (SSSR count). The fraction of sp³-hybridized carbons (Fsp3) is 0.208. The Morgan fingerprint density at radius 1 is 1.06 bits per heavy atom. The Hall–Kier alpha value is -3.78. The first-order valence-corrected chi connectivity index (χ1v) is 10.5. The maximum absolute atomic E-state index is 12.9. The summed E-state index contributed by atoms with van der Waals surface area (Å²) < 4.78 is 21.1. The minimum atomic E-state index is -0.671. The number of carbonyl (C=O) groups is 2. The van der Waals surface area contributed by atoms with Gasteiger partial charge in [-0.15, -0.1) is 0 Å². The molecule has 1 aliphatic rings. The van der Waals surface area contributed by atoms with Gasteiger partial charge in [0.15, 0.2) is 13.2 Å². The van der Waals surface area contributed by atoms with E-state index in [0.29, 0.717) is 34.4 Å². The normalized spacial score (nSPS) is 15.2. The van der Waals surface area contributed by atoms with Crippen molar-refractivity contribution < 1.29 is 28.2 Å². The van der Waals surface area contributed by atoms with Gasteiger partial charge in [-0.2, -0.15) is 5.10 Å². The molecule has 1 amide bonds. The topological polar surface area (TPSA) is 90.6 Å². The highest BCUT2D eigenvalue weighted by molar-refractivity contribution is 6.30. The lowest BCUT2D eigenvalue weighted by atomic mass is 10.0. The highest BCUT2D eigenvalue weighted by atomic mass is 35.5. The molecule has 0 fully saturated rings. The quantitative estimate of drug-likeness (QED) is 0.459. The summed E-state index contributed by atoms with van der Waals surface area (Å²) in [6.07, 6.45) is 1.99. The molecule has 0 spiro atoms. The first kappa shape index (κ1) is 22.4. The number of ether oxygens (including phenoxy) is 3. The van der Waals surface area contributed by atoms with Gasteiger partial charge in [0.25, 0.3) is 5.91 Å². The van der Waals surface area contributed by atoms with Crippen LogP contribution < -0.4 is 9.47 Å². The van der Waals surface area contributed by atoms with Crippen LogP contribution in [-0.2, 0) is 14.3 Å². The molecule has 1 unspecified atom stereocenters. The van der Waals surface area contributed by atoms with Crippen LogP contribution in [0.1, 0.15) is 23.8 Å². The summed E-state index contributed by atoms with van der Waals surface area (Å²) in [7, 11) is 1.56. The summed E-state index contributed by atoms with van der Waals surface area (Å²) >= 11 is 5.97. The van der Waals surface area contributed by atoms with E-state index in [1.807, 2.05) is 12.1 Å². The molecule has 0 aliphatic carbocycles. The van der Waals surface area contributed by atoms with E-state index in [1.54, 1.807) is 55.6 Å². The van der Waals surface area contributed by atoms with Crippen molar-refractivity contribution in [3.8, 4) is 11.5 Å². The minimum Gasteiger partial charge on any atom is -0.497 e. The Morgan fingerprint density at radius 2 is 1.79 bits per heavy atom. The van der Waals surface area contributed by atoms with Crippen LogP contribution in [0.25, 0.3) is 0 Å². The number of hydrogen-bond acceptors (Lipinski definition) is 7. The molecular weight excluding hydrogens is 448 g/mol. The Labute approximate surface area is 195 Å². The van der Waals surface area contributed by atoms with Crippen LogP contribution in [0.4, 0.5) is 0 Å². The van der Waals surface area contributed by atoms with Gasteiger partial charge in [-0.25, -0.2) is 9.80 Å². The molecule has 33 heavy (non-hydrogen) atoms. The minimum absolute atomic E-state index is 0.333. The van der Waals surface area contributed by atoms with E-state index in [1.165, 1.54) is 11.3 Å². The number of esters is 1. The highest BCUT2D eigenvalue weighted by Crippen LogP contribution is 2.33. The average Bonchev–Trinajstić information content (AvgIpc) is 3.52. The van der Waals surface area contributed by atoms with Crippen molar-refractivity contribution in [2.75, 3.05) is 20.3 Å². The lowest BCUT2D eigenvalue weighted by Gasteiger charge is -2.19. The third-order valence-corrected chi connectivity index (χ3v) is 5.24. The molecule has 0 bridgehead atoms. The fourth-order valence-electron chi connectivity index (χ4n) is 3.32. The van der Waals surface area contributed by atoms with Gasteiger partial charge in [-0.1, -0.05) is 23.7 Å². The molecule has 1 aliphatic heterocycles. The lowest BCUT2D eigenvalue weighted by Crippen LogP contribution is -2.32. The zero-order valence-electron chi connectivity index (χ0n) is 17.8. The molecule has 0 N–H and O–H groups in total. The largest absolute Gasteiger partial charge is 0.497 e. The monoisotopic (exact) mass is 468 g/mol. The Balaban J connectivity index is 1.37. The van der Waals surface area contributed by atoms with Crippen LogP contribution in [0.15, 0.2) is 76.4 Å². The molecule has 9 heteroatoms. The summed E-state index contributed by atoms with van der Waals surface area (Å²) in [6, 6.07) is 17.0. The third-order valence-electron chi connectivity index (χ3n) is 4.99. The molecule has 0 saturated heterocycles. The van der Waals surface area contributed by atoms with Crippen molar-refractivity contribution in [1.82, 2.24) is 5.01 Å². The third kappa shape index (κ3) is 5.53. The van der Waals surface area contributed by atoms with Crippen molar-refractivity contribution >= 4 is 29.2 Å².